The SMILES string of the molecule is C=CCc1ccc(OCCOc2ccc(/C=C3/C(=N)N4N=C(COc5ccccc5)SC4=NC3=O)cc2OC)c(OC)c1. The third kappa shape index (κ3) is 7.07. The van der Waals surface area contributed by atoms with Crippen molar-refractivity contribution in [1.29, 1.82) is 5.41 Å². The zero-order chi connectivity index (χ0) is 30.2. The van der Waals surface area contributed by atoms with Crippen molar-refractivity contribution in [2.24, 2.45) is 10.1 Å². The summed E-state index contributed by atoms with van der Waals surface area (Å²) in [5, 5.41) is 15.3. The van der Waals surface area contributed by atoms with Crippen LogP contribution in [0.2, 0.25) is 0 Å². The van der Waals surface area contributed by atoms with Gasteiger partial charge in [0.25, 0.3) is 5.91 Å². The second-order valence-electron chi connectivity index (χ2n) is 9.20. The van der Waals surface area contributed by atoms with Gasteiger partial charge in [-0.1, -0.05) is 36.4 Å². The zero-order valence-electron chi connectivity index (χ0n) is 23.7. The highest BCUT2D eigenvalue weighted by Gasteiger charge is 2.35. The van der Waals surface area contributed by atoms with Gasteiger partial charge in [-0.3, -0.25) is 10.2 Å². The number of hydrogen-bond donors (Lipinski definition) is 1. The molecule has 10 nitrogen and oxygen atoms in total. The van der Waals surface area contributed by atoms with Gasteiger partial charge in [0.15, 0.2) is 28.8 Å². The number of hydrazone groups is 1. The van der Waals surface area contributed by atoms with Crippen LogP contribution in [-0.4, -0.2) is 61.0 Å². The van der Waals surface area contributed by atoms with E-state index in [0.29, 0.717) is 44.5 Å². The van der Waals surface area contributed by atoms with Crippen LogP contribution in [0, 0.1) is 5.41 Å². The van der Waals surface area contributed by atoms with Gasteiger partial charge in [-0.2, -0.15) is 15.1 Å². The van der Waals surface area contributed by atoms with Gasteiger partial charge in [0.05, 0.1) is 19.8 Å². The van der Waals surface area contributed by atoms with Gasteiger partial charge in [0, 0.05) is 0 Å². The number of hydrogen-bond acceptors (Lipinski definition) is 9. The Morgan fingerprint density at radius 3 is 2.30 bits per heavy atom. The Morgan fingerprint density at radius 1 is 0.907 bits per heavy atom. The molecule has 0 aromatic heterocycles. The van der Waals surface area contributed by atoms with Gasteiger partial charge in [0.1, 0.15) is 30.6 Å². The van der Waals surface area contributed by atoms with Gasteiger partial charge < -0.3 is 23.7 Å². The number of fused-ring (bicyclic) bond motifs is 1. The quantitative estimate of drug-likeness (QED) is 0.154. The van der Waals surface area contributed by atoms with Gasteiger partial charge in [-0.25, -0.2) is 0 Å². The zero-order valence-corrected chi connectivity index (χ0v) is 24.6. The lowest BCUT2D eigenvalue weighted by atomic mass is 10.1. The van der Waals surface area contributed by atoms with Gasteiger partial charge in [-0.05, 0) is 71.8 Å². The summed E-state index contributed by atoms with van der Waals surface area (Å²) >= 11 is 1.20. The molecule has 2 aliphatic heterocycles. The Morgan fingerprint density at radius 2 is 1.60 bits per heavy atom. The van der Waals surface area contributed by atoms with Crippen LogP contribution < -0.4 is 23.7 Å². The number of allylic oxidation sites excluding steroid dienone is 1. The first-order chi connectivity index (χ1) is 21.0. The number of carbonyl (C=O) groups excluding carboxylic acids is 1. The monoisotopic (exact) mass is 598 g/mol. The number of thioether (sulfide) groups is 1. The molecule has 0 atom stereocenters. The summed E-state index contributed by atoms with van der Waals surface area (Å²) in [6.07, 6.45) is 4.16. The van der Waals surface area contributed by atoms with E-state index in [1.807, 2.05) is 54.6 Å². The summed E-state index contributed by atoms with van der Waals surface area (Å²) in [4.78, 5) is 17.0. The first kappa shape index (κ1) is 29.5. The Kier molecular flexibility index (Phi) is 9.42. The average molecular weight is 599 g/mol. The molecule has 0 spiro atoms. The maximum Gasteiger partial charge on any atom is 0.283 e. The summed E-state index contributed by atoms with van der Waals surface area (Å²) in [5.41, 5.74) is 1.83. The summed E-state index contributed by atoms with van der Waals surface area (Å²) in [5.74, 6) is 2.35. The number of para-hydroxylation sites is 1. The Hall–Kier alpha value is -5.03. The number of methoxy groups -OCH3 is 2. The minimum absolute atomic E-state index is 0.0680. The number of carbonyl (C=O) groups is 1. The molecule has 1 N–H and O–H groups in total. The maximum atomic E-state index is 12.8. The van der Waals surface area contributed by atoms with Crippen molar-refractivity contribution in [2.75, 3.05) is 34.0 Å². The molecule has 0 fully saturated rings. The Labute approximate surface area is 253 Å². The van der Waals surface area contributed by atoms with Crippen molar-refractivity contribution < 1.29 is 28.5 Å². The molecule has 1 amide bonds. The van der Waals surface area contributed by atoms with Gasteiger partial charge in [0.2, 0.25) is 5.17 Å². The van der Waals surface area contributed by atoms with Crippen LogP contribution in [0.4, 0.5) is 0 Å². The fourth-order valence-electron chi connectivity index (χ4n) is 4.24. The van der Waals surface area contributed by atoms with Crippen molar-refractivity contribution in [3.05, 3.63) is 96.1 Å². The molecule has 0 saturated heterocycles. The largest absolute Gasteiger partial charge is 0.493 e. The number of ether oxygens (including phenoxy) is 5. The van der Waals surface area contributed by atoms with Crippen LogP contribution in [0.3, 0.4) is 0 Å². The second-order valence-corrected chi connectivity index (χ2v) is 10.2. The average Bonchev–Trinajstić information content (AvgIpc) is 3.44. The first-order valence-electron chi connectivity index (χ1n) is 13.4. The standard InChI is InChI=1S/C32H30N4O6S/c1-4-8-21-11-13-25(27(18-21)38-2)40-15-16-41-26-14-12-22(19-28(26)39-3)17-24-30(33)36-32(34-31(24)37)43-29(35-36)20-42-23-9-6-5-7-10-23/h4-7,9-14,17-19,33H,1,8,15-16,20H2,2-3H3/b24-17-,33-30?. The molecule has 0 aliphatic carbocycles. The number of nitrogens with zero attached hydrogens (tertiary/aromatic N) is 3. The predicted octanol–water partition coefficient (Wildman–Crippen LogP) is 5.59. The van der Waals surface area contributed by atoms with Crippen molar-refractivity contribution in [3.63, 3.8) is 0 Å². The topological polar surface area (TPSA) is 115 Å². The lowest BCUT2D eigenvalue weighted by Crippen LogP contribution is -2.35. The molecule has 43 heavy (non-hydrogen) atoms. The van der Waals surface area contributed by atoms with Crippen molar-refractivity contribution >= 4 is 39.8 Å². The Bertz CT molecular complexity index is 1620. The summed E-state index contributed by atoms with van der Waals surface area (Å²) in [6, 6.07) is 20.3. The number of amides is 1. The molecule has 0 bridgehead atoms. The highest BCUT2D eigenvalue weighted by molar-refractivity contribution is 8.27. The van der Waals surface area contributed by atoms with Gasteiger partial charge in [-0.15, -0.1) is 6.58 Å². The lowest BCUT2D eigenvalue weighted by molar-refractivity contribution is -0.114. The van der Waals surface area contributed by atoms with Crippen LogP contribution >= 0.6 is 11.8 Å². The minimum Gasteiger partial charge on any atom is -0.493 e. The third-order valence-corrected chi connectivity index (χ3v) is 7.19. The molecule has 3 aromatic rings. The molecule has 2 aliphatic rings. The normalized spacial score (nSPS) is 15.0. The molecule has 0 radical (unpaired) electrons. The molecule has 2 heterocycles. The predicted molar refractivity (Wildman–Crippen MR) is 168 cm³/mol. The molecule has 220 valence electrons. The van der Waals surface area contributed by atoms with Crippen LogP contribution in [0.1, 0.15) is 11.1 Å². The fourth-order valence-corrected chi connectivity index (χ4v) is 5.04. The molecular formula is C32H30N4O6S. The van der Waals surface area contributed by atoms with E-state index in [4.69, 9.17) is 29.1 Å². The van der Waals surface area contributed by atoms with Crippen LogP contribution in [0.5, 0.6) is 28.7 Å². The summed E-state index contributed by atoms with van der Waals surface area (Å²) in [7, 11) is 3.13. The fraction of sp³-hybridized carbons (Fsp3) is 0.188. The molecule has 5 rings (SSSR count). The molecule has 0 unspecified atom stereocenters. The third-order valence-electron chi connectivity index (χ3n) is 6.31. The number of nitrogens with one attached hydrogen (secondary N) is 1. The van der Waals surface area contributed by atoms with Crippen molar-refractivity contribution in [1.82, 2.24) is 5.01 Å². The number of rotatable bonds is 13. The van der Waals surface area contributed by atoms with E-state index >= 15 is 0 Å². The lowest BCUT2D eigenvalue weighted by Gasteiger charge is -2.20. The smallest absolute Gasteiger partial charge is 0.283 e. The van der Waals surface area contributed by atoms with Crippen LogP contribution in [-0.2, 0) is 11.2 Å². The highest BCUT2D eigenvalue weighted by atomic mass is 32.2. The van der Waals surface area contributed by atoms with E-state index in [2.05, 4.69) is 16.7 Å². The molecule has 3 aromatic carbocycles. The first-order valence-corrected chi connectivity index (χ1v) is 14.2. The van der Waals surface area contributed by atoms with Crippen LogP contribution in [0.25, 0.3) is 6.08 Å². The van der Waals surface area contributed by atoms with E-state index in [1.165, 1.54) is 23.9 Å². The van der Waals surface area contributed by atoms with E-state index in [0.717, 1.165) is 12.0 Å². The van der Waals surface area contributed by atoms with E-state index < -0.39 is 5.91 Å². The number of benzene rings is 3. The highest BCUT2D eigenvalue weighted by Crippen LogP contribution is 2.32. The van der Waals surface area contributed by atoms with E-state index in [9.17, 15) is 4.79 Å². The number of aliphatic imine (C=N–C) groups is 1. The molecule has 11 heteroatoms. The van der Waals surface area contributed by atoms with Crippen LogP contribution in [0.15, 0.2) is 95.1 Å². The molecular weight excluding hydrogens is 568 g/mol. The maximum absolute atomic E-state index is 12.8. The minimum atomic E-state index is -0.520. The Balaban J connectivity index is 1.21. The van der Waals surface area contributed by atoms with E-state index in [-0.39, 0.29) is 31.2 Å². The summed E-state index contributed by atoms with van der Waals surface area (Å²) < 4.78 is 28.5. The van der Waals surface area contributed by atoms with Gasteiger partial charge >= 0.3 is 0 Å². The van der Waals surface area contributed by atoms with Crippen molar-refractivity contribution in [2.45, 2.75) is 6.42 Å². The second kappa shape index (κ2) is 13.8. The van der Waals surface area contributed by atoms with Crippen molar-refractivity contribution in [3.8, 4) is 28.7 Å². The summed E-state index contributed by atoms with van der Waals surface area (Å²) in [6.45, 7) is 4.50. The van der Waals surface area contributed by atoms with E-state index in [1.54, 1.807) is 31.4 Å². The number of amidine groups is 2. The molecule has 0 saturated carbocycles.